The van der Waals surface area contributed by atoms with E-state index in [9.17, 15) is 9.59 Å². The van der Waals surface area contributed by atoms with Crippen molar-refractivity contribution in [3.05, 3.63) is 42.0 Å². The maximum absolute atomic E-state index is 12.6. The highest BCUT2D eigenvalue weighted by molar-refractivity contribution is 6.74. The third-order valence-corrected chi connectivity index (χ3v) is 9.82. The first-order valence-corrected chi connectivity index (χ1v) is 13.0. The van der Waals surface area contributed by atoms with Crippen LogP contribution in [0.25, 0.3) is 6.08 Å². The van der Waals surface area contributed by atoms with E-state index in [0.717, 1.165) is 5.56 Å². The number of β-lactam (4-membered cyclic amide) rings is 1. The molecule has 7 heteroatoms. The van der Waals surface area contributed by atoms with E-state index in [1.807, 2.05) is 55.6 Å². The van der Waals surface area contributed by atoms with Crippen molar-refractivity contribution in [2.24, 2.45) is 0 Å². The van der Waals surface area contributed by atoms with Gasteiger partial charge in [0.1, 0.15) is 6.23 Å². The largest absolute Gasteiger partial charge is 0.463 e. The van der Waals surface area contributed by atoms with Crippen molar-refractivity contribution in [2.45, 2.75) is 64.7 Å². The summed E-state index contributed by atoms with van der Waals surface area (Å²) in [6.07, 6.45) is 2.52. The summed E-state index contributed by atoms with van der Waals surface area (Å²) in [6.45, 7) is 12.6. The molecule has 0 spiro atoms. The lowest BCUT2D eigenvalue weighted by Crippen LogP contribution is -2.64. The molecule has 1 fully saturated rings. The normalized spacial score (nSPS) is 18.6. The van der Waals surface area contributed by atoms with E-state index in [2.05, 4.69) is 20.8 Å². The Labute approximate surface area is 175 Å². The first-order valence-electron chi connectivity index (χ1n) is 10.1. The molecule has 1 heterocycles. The van der Waals surface area contributed by atoms with Gasteiger partial charge in [0.05, 0.1) is 19.6 Å². The average molecular weight is 420 g/mol. The van der Waals surface area contributed by atoms with Gasteiger partial charge in [-0.3, -0.25) is 9.69 Å². The van der Waals surface area contributed by atoms with Gasteiger partial charge < -0.3 is 13.9 Å². The first-order chi connectivity index (χ1) is 13.6. The summed E-state index contributed by atoms with van der Waals surface area (Å²) >= 11 is 0. The number of hydrogen-bond acceptors (Lipinski definition) is 5. The van der Waals surface area contributed by atoms with Gasteiger partial charge in [0.2, 0.25) is 12.1 Å². The third kappa shape index (κ3) is 6.01. The number of carbonyl (C=O) groups excluding carboxylic acids is 2. The number of hydrogen-bond donors (Lipinski definition) is 0. The molecule has 1 saturated heterocycles. The summed E-state index contributed by atoms with van der Waals surface area (Å²) in [7, 11) is -2.31. The molecule has 0 aromatic heterocycles. The zero-order valence-electron chi connectivity index (χ0n) is 18.3. The van der Waals surface area contributed by atoms with Gasteiger partial charge in [0.25, 0.3) is 0 Å². The quantitative estimate of drug-likeness (QED) is 0.341. The van der Waals surface area contributed by atoms with Crippen LogP contribution in [0, 0.1) is 0 Å². The highest BCUT2D eigenvalue weighted by Gasteiger charge is 2.50. The predicted molar refractivity (Wildman–Crippen MR) is 115 cm³/mol. The number of benzene rings is 1. The standard InChI is InChI=1S/C22H33NO5Si/c1-7-26-21(25)20(28-29(5,6)22(2,3)4)23-18(24)16-19(23)27-15-11-14-17-12-9-8-10-13-17/h8-14,19-20H,7,15-16H2,1-6H3/b14-11+. The zero-order valence-corrected chi connectivity index (χ0v) is 19.3. The molecule has 6 nitrogen and oxygen atoms in total. The summed E-state index contributed by atoms with van der Waals surface area (Å²) < 4.78 is 17.3. The molecule has 0 saturated carbocycles. The highest BCUT2D eigenvalue weighted by Crippen LogP contribution is 2.39. The number of esters is 1. The van der Waals surface area contributed by atoms with Gasteiger partial charge in [0, 0.05) is 0 Å². The Hall–Kier alpha value is -1.96. The molecule has 2 atom stereocenters. The monoisotopic (exact) mass is 419 g/mol. The van der Waals surface area contributed by atoms with Crippen molar-refractivity contribution in [1.29, 1.82) is 0 Å². The average Bonchev–Trinajstić information content (AvgIpc) is 2.63. The van der Waals surface area contributed by atoms with Gasteiger partial charge >= 0.3 is 5.97 Å². The van der Waals surface area contributed by atoms with Crippen LogP contribution in [0.5, 0.6) is 0 Å². The summed E-state index contributed by atoms with van der Waals surface area (Å²) in [6, 6.07) is 9.90. The second-order valence-electron chi connectivity index (χ2n) is 8.59. The Morgan fingerprint density at radius 2 is 1.93 bits per heavy atom. The van der Waals surface area contributed by atoms with Crippen molar-refractivity contribution >= 4 is 26.3 Å². The Balaban J connectivity index is 2.06. The van der Waals surface area contributed by atoms with Crippen molar-refractivity contribution in [2.75, 3.05) is 13.2 Å². The van der Waals surface area contributed by atoms with Crippen LogP contribution < -0.4 is 0 Å². The molecule has 2 rings (SSSR count). The van der Waals surface area contributed by atoms with E-state index in [-0.39, 0.29) is 24.0 Å². The first kappa shape index (κ1) is 23.3. The molecule has 1 aromatic rings. The molecule has 1 aliphatic rings. The number of nitrogens with zero attached hydrogens (tertiary/aromatic N) is 1. The third-order valence-electron chi connectivity index (χ3n) is 5.40. The van der Waals surface area contributed by atoms with Crippen molar-refractivity contribution < 1.29 is 23.5 Å². The van der Waals surface area contributed by atoms with Crippen LogP contribution in [0.3, 0.4) is 0 Å². The molecule has 1 aromatic carbocycles. The summed E-state index contributed by atoms with van der Waals surface area (Å²) in [5, 5.41) is -0.111. The van der Waals surface area contributed by atoms with E-state index in [4.69, 9.17) is 13.9 Å². The molecular weight excluding hydrogens is 386 g/mol. The van der Waals surface area contributed by atoms with Gasteiger partial charge in [-0.05, 0) is 30.6 Å². The minimum absolute atomic E-state index is 0.111. The zero-order chi connectivity index (χ0) is 21.7. The number of rotatable bonds is 9. The number of amides is 1. The molecular formula is C22H33NO5Si. The molecule has 1 aliphatic heterocycles. The highest BCUT2D eigenvalue weighted by atomic mass is 28.4. The summed E-state index contributed by atoms with van der Waals surface area (Å²) in [5.74, 6) is -0.711. The van der Waals surface area contributed by atoms with Crippen LogP contribution in [0.1, 0.15) is 39.7 Å². The van der Waals surface area contributed by atoms with E-state index in [1.54, 1.807) is 6.92 Å². The number of ether oxygens (including phenoxy) is 2. The Morgan fingerprint density at radius 1 is 1.28 bits per heavy atom. The topological polar surface area (TPSA) is 65.1 Å². The smallest absolute Gasteiger partial charge is 0.355 e. The minimum Gasteiger partial charge on any atom is -0.463 e. The van der Waals surface area contributed by atoms with Crippen LogP contribution in [0.2, 0.25) is 18.1 Å². The van der Waals surface area contributed by atoms with Gasteiger partial charge in [-0.2, -0.15) is 0 Å². The molecule has 0 N–H and O–H groups in total. The Morgan fingerprint density at radius 3 is 2.48 bits per heavy atom. The molecule has 1 amide bonds. The van der Waals surface area contributed by atoms with Gasteiger partial charge in [-0.15, -0.1) is 0 Å². The maximum Gasteiger partial charge on any atom is 0.355 e. The van der Waals surface area contributed by atoms with Crippen LogP contribution in [-0.2, 0) is 23.5 Å². The predicted octanol–water partition coefficient (Wildman–Crippen LogP) is 4.19. The second kappa shape index (κ2) is 9.69. The second-order valence-corrected chi connectivity index (χ2v) is 13.3. The van der Waals surface area contributed by atoms with E-state index < -0.39 is 26.7 Å². The lowest BCUT2D eigenvalue weighted by atomic mass is 10.1. The minimum atomic E-state index is -2.31. The van der Waals surface area contributed by atoms with Gasteiger partial charge in [-0.1, -0.05) is 63.3 Å². The van der Waals surface area contributed by atoms with Crippen molar-refractivity contribution in [3.8, 4) is 0 Å². The van der Waals surface area contributed by atoms with Gasteiger partial charge in [0.15, 0.2) is 8.32 Å². The Bertz CT molecular complexity index is 726. The maximum atomic E-state index is 12.6. The van der Waals surface area contributed by atoms with E-state index in [1.165, 1.54) is 4.90 Å². The van der Waals surface area contributed by atoms with Gasteiger partial charge in [-0.25, -0.2) is 4.79 Å². The molecule has 29 heavy (non-hydrogen) atoms. The number of carbonyl (C=O) groups is 2. The van der Waals surface area contributed by atoms with Crippen molar-refractivity contribution in [3.63, 3.8) is 0 Å². The van der Waals surface area contributed by atoms with E-state index >= 15 is 0 Å². The fourth-order valence-electron chi connectivity index (χ4n) is 2.63. The number of likely N-dealkylation sites (tertiary alicyclic amines) is 1. The summed E-state index contributed by atoms with van der Waals surface area (Å²) in [5.41, 5.74) is 1.07. The van der Waals surface area contributed by atoms with Crippen LogP contribution in [0.15, 0.2) is 36.4 Å². The molecule has 0 radical (unpaired) electrons. The molecule has 0 bridgehead atoms. The van der Waals surface area contributed by atoms with Crippen molar-refractivity contribution in [1.82, 2.24) is 4.90 Å². The van der Waals surface area contributed by atoms with E-state index in [0.29, 0.717) is 6.61 Å². The fourth-order valence-corrected chi connectivity index (χ4v) is 3.75. The fraction of sp³-hybridized carbons (Fsp3) is 0.545. The van der Waals surface area contributed by atoms with Crippen LogP contribution >= 0.6 is 0 Å². The SMILES string of the molecule is CCOC(=O)C(O[Si](C)(C)C(C)(C)C)N1C(=O)CC1OC/C=C/c1ccccc1. The summed E-state index contributed by atoms with van der Waals surface area (Å²) in [4.78, 5) is 26.3. The lowest BCUT2D eigenvalue weighted by Gasteiger charge is -2.47. The Kier molecular flexibility index (Phi) is 7.79. The molecule has 2 unspecified atom stereocenters. The van der Waals surface area contributed by atoms with Crippen LogP contribution in [0.4, 0.5) is 0 Å². The molecule has 160 valence electrons. The van der Waals surface area contributed by atoms with Crippen LogP contribution in [-0.4, -0.2) is 50.8 Å². The lowest BCUT2D eigenvalue weighted by molar-refractivity contribution is -0.207. The molecule has 0 aliphatic carbocycles.